The molecule has 78 valence electrons. The molecule has 1 fully saturated rings. The van der Waals surface area contributed by atoms with Gasteiger partial charge in [-0.2, -0.15) is 0 Å². The van der Waals surface area contributed by atoms with Crippen molar-refractivity contribution >= 4 is 0 Å². The summed E-state index contributed by atoms with van der Waals surface area (Å²) in [6.07, 6.45) is 8.12. The maximum atomic E-state index is 5.94. The smallest absolute Gasteiger partial charge is 0.0165 e. The standard InChI is InChI=1S/C11H24N2/c1-3-10(12)9-13(2)11-7-5-4-6-8-11/h10-11H,3-9,12H2,1-2H3/t10-/m1/s1. The van der Waals surface area contributed by atoms with Gasteiger partial charge < -0.3 is 10.6 Å². The van der Waals surface area contributed by atoms with Crippen LogP contribution in [0.15, 0.2) is 0 Å². The highest BCUT2D eigenvalue weighted by molar-refractivity contribution is 4.76. The van der Waals surface area contributed by atoms with Crippen LogP contribution in [0.3, 0.4) is 0 Å². The molecule has 0 saturated heterocycles. The summed E-state index contributed by atoms with van der Waals surface area (Å²) in [6, 6.07) is 1.18. The van der Waals surface area contributed by atoms with E-state index in [1.165, 1.54) is 32.1 Å². The monoisotopic (exact) mass is 184 g/mol. The Morgan fingerprint density at radius 3 is 2.46 bits per heavy atom. The first-order valence-corrected chi connectivity index (χ1v) is 5.70. The number of rotatable bonds is 4. The predicted molar refractivity (Wildman–Crippen MR) is 57.8 cm³/mol. The molecule has 1 rings (SSSR count). The van der Waals surface area contributed by atoms with Crippen LogP contribution in [0, 0.1) is 0 Å². The molecule has 2 heteroatoms. The summed E-state index contributed by atoms with van der Waals surface area (Å²) in [4.78, 5) is 2.47. The van der Waals surface area contributed by atoms with Gasteiger partial charge in [0.1, 0.15) is 0 Å². The highest BCUT2D eigenvalue weighted by atomic mass is 15.1. The molecule has 1 atom stereocenters. The summed E-state index contributed by atoms with van der Waals surface area (Å²) in [5.41, 5.74) is 5.94. The lowest BCUT2D eigenvalue weighted by Gasteiger charge is -2.32. The fourth-order valence-electron chi connectivity index (χ4n) is 2.17. The highest BCUT2D eigenvalue weighted by Crippen LogP contribution is 2.21. The number of likely N-dealkylation sites (N-methyl/N-ethyl adjacent to an activating group) is 1. The van der Waals surface area contributed by atoms with Gasteiger partial charge in [0, 0.05) is 18.6 Å². The molecule has 0 aromatic rings. The topological polar surface area (TPSA) is 29.3 Å². The lowest BCUT2D eigenvalue weighted by molar-refractivity contribution is 0.181. The zero-order chi connectivity index (χ0) is 9.68. The fraction of sp³-hybridized carbons (Fsp3) is 1.00. The summed E-state index contributed by atoms with van der Waals surface area (Å²) in [5, 5.41) is 0. The van der Waals surface area contributed by atoms with E-state index >= 15 is 0 Å². The van der Waals surface area contributed by atoms with Crippen molar-refractivity contribution in [3.05, 3.63) is 0 Å². The zero-order valence-electron chi connectivity index (χ0n) is 9.13. The number of nitrogens with zero attached hydrogens (tertiary/aromatic N) is 1. The molecular formula is C11H24N2. The molecule has 0 aliphatic heterocycles. The Balaban J connectivity index is 2.24. The van der Waals surface area contributed by atoms with Gasteiger partial charge >= 0.3 is 0 Å². The van der Waals surface area contributed by atoms with E-state index in [9.17, 15) is 0 Å². The molecule has 0 heterocycles. The lowest BCUT2D eigenvalue weighted by Crippen LogP contribution is -2.41. The highest BCUT2D eigenvalue weighted by Gasteiger charge is 2.18. The third-order valence-electron chi connectivity index (χ3n) is 3.24. The molecule has 2 nitrogen and oxygen atoms in total. The third-order valence-corrected chi connectivity index (χ3v) is 3.24. The first-order chi connectivity index (χ1) is 6.24. The van der Waals surface area contributed by atoms with E-state index in [2.05, 4.69) is 18.9 Å². The molecule has 0 aromatic carbocycles. The van der Waals surface area contributed by atoms with Gasteiger partial charge in [0.05, 0.1) is 0 Å². The van der Waals surface area contributed by atoms with Crippen LogP contribution in [0.2, 0.25) is 0 Å². The summed E-state index contributed by atoms with van der Waals surface area (Å²) in [7, 11) is 2.23. The van der Waals surface area contributed by atoms with E-state index in [1.807, 2.05) is 0 Å². The molecule has 0 radical (unpaired) electrons. The Morgan fingerprint density at radius 1 is 1.31 bits per heavy atom. The van der Waals surface area contributed by atoms with Crippen LogP contribution in [-0.2, 0) is 0 Å². The molecule has 1 aliphatic rings. The molecule has 0 bridgehead atoms. The van der Waals surface area contributed by atoms with Crippen LogP contribution in [0.25, 0.3) is 0 Å². The summed E-state index contributed by atoms with van der Waals surface area (Å²) in [5.74, 6) is 0. The largest absolute Gasteiger partial charge is 0.327 e. The third kappa shape index (κ3) is 3.65. The van der Waals surface area contributed by atoms with Crippen molar-refractivity contribution < 1.29 is 0 Å². The van der Waals surface area contributed by atoms with Crippen LogP contribution < -0.4 is 5.73 Å². The fourth-order valence-corrected chi connectivity index (χ4v) is 2.17. The van der Waals surface area contributed by atoms with E-state index in [1.54, 1.807) is 0 Å². The normalized spacial score (nSPS) is 22.2. The molecule has 13 heavy (non-hydrogen) atoms. The quantitative estimate of drug-likeness (QED) is 0.724. The van der Waals surface area contributed by atoms with Gasteiger partial charge in [-0.15, -0.1) is 0 Å². The molecule has 0 amide bonds. The SMILES string of the molecule is CC[C@@H](N)CN(C)C1CCCCC1. The first-order valence-electron chi connectivity index (χ1n) is 5.70. The Labute approximate surface area is 82.5 Å². The van der Waals surface area contributed by atoms with E-state index in [-0.39, 0.29) is 0 Å². The van der Waals surface area contributed by atoms with Crippen LogP contribution in [0.5, 0.6) is 0 Å². The van der Waals surface area contributed by atoms with Gasteiger partial charge in [-0.05, 0) is 26.3 Å². The second kappa shape index (κ2) is 5.61. The van der Waals surface area contributed by atoms with E-state index in [0.717, 1.165) is 19.0 Å². The minimum atomic E-state index is 0.368. The van der Waals surface area contributed by atoms with Crippen molar-refractivity contribution in [2.24, 2.45) is 5.73 Å². The molecular weight excluding hydrogens is 160 g/mol. The van der Waals surface area contributed by atoms with Crippen LogP contribution >= 0.6 is 0 Å². The molecule has 1 aliphatic carbocycles. The predicted octanol–water partition coefficient (Wildman–Crippen LogP) is 1.99. The Bertz CT molecular complexity index is 130. The molecule has 0 unspecified atom stereocenters. The van der Waals surface area contributed by atoms with Gasteiger partial charge in [0.15, 0.2) is 0 Å². The maximum absolute atomic E-state index is 5.94. The molecule has 1 saturated carbocycles. The molecule has 0 spiro atoms. The van der Waals surface area contributed by atoms with Crippen LogP contribution in [0.1, 0.15) is 45.4 Å². The maximum Gasteiger partial charge on any atom is 0.0165 e. The van der Waals surface area contributed by atoms with Crippen LogP contribution in [-0.4, -0.2) is 30.6 Å². The first kappa shape index (κ1) is 11.0. The summed E-state index contributed by atoms with van der Waals surface area (Å²) >= 11 is 0. The average Bonchev–Trinajstić information content (AvgIpc) is 2.19. The number of nitrogens with two attached hydrogens (primary N) is 1. The van der Waals surface area contributed by atoms with E-state index in [0.29, 0.717) is 6.04 Å². The zero-order valence-corrected chi connectivity index (χ0v) is 9.13. The Morgan fingerprint density at radius 2 is 1.92 bits per heavy atom. The number of hydrogen-bond acceptors (Lipinski definition) is 2. The van der Waals surface area contributed by atoms with Gasteiger partial charge in [-0.25, -0.2) is 0 Å². The van der Waals surface area contributed by atoms with Crippen LogP contribution in [0.4, 0.5) is 0 Å². The van der Waals surface area contributed by atoms with Crippen molar-refractivity contribution in [1.82, 2.24) is 4.90 Å². The Kier molecular flexibility index (Phi) is 4.74. The van der Waals surface area contributed by atoms with E-state index in [4.69, 9.17) is 5.73 Å². The summed E-state index contributed by atoms with van der Waals surface area (Å²) in [6.45, 7) is 3.24. The minimum absolute atomic E-state index is 0.368. The van der Waals surface area contributed by atoms with E-state index < -0.39 is 0 Å². The molecule has 2 N–H and O–H groups in total. The van der Waals surface area contributed by atoms with Crippen molar-refractivity contribution in [1.29, 1.82) is 0 Å². The van der Waals surface area contributed by atoms with Gasteiger partial charge in [0.25, 0.3) is 0 Å². The van der Waals surface area contributed by atoms with Gasteiger partial charge in [-0.3, -0.25) is 0 Å². The van der Waals surface area contributed by atoms with Gasteiger partial charge in [-0.1, -0.05) is 26.2 Å². The second-order valence-electron chi connectivity index (χ2n) is 4.40. The lowest BCUT2D eigenvalue weighted by atomic mass is 9.94. The Hall–Kier alpha value is -0.0800. The summed E-state index contributed by atoms with van der Waals surface area (Å²) < 4.78 is 0. The van der Waals surface area contributed by atoms with Crippen molar-refractivity contribution in [3.63, 3.8) is 0 Å². The van der Waals surface area contributed by atoms with Gasteiger partial charge in [0.2, 0.25) is 0 Å². The minimum Gasteiger partial charge on any atom is -0.327 e. The number of hydrogen-bond donors (Lipinski definition) is 1. The van der Waals surface area contributed by atoms with Crippen molar-refractivity contribution in [3.8, 4) is 0 Å². The van der Waals surface area contributed by atoms with Crippen molar-refractivity contribution in [2.45, 2.75) is 57.5 Å². The van der Waals surface area contributed by atoms with Crippen molar-refractivity contribution in [2.75, 3.05) is 13.6 Å². The average molecular weight is 184 g/mol. The second-order valence-corrected chi connectivity index (χ2v) is 4.40. The molecule has 0 aromatic heterocycles.